The summed E-state index contributed by atoms with van der Waals surface area (Å²) in [5.74, 6) is -0.571. The second-order valence-electron chi connectivity index (χ2n) is 5.20. The zero-order valence-electron chi connectivity index (χ0n) is 12.7. The third-order valence-corrected chi connectivity index (χ3v) is 6.54. The van der Waals surface area contributed by atoms with Gasteiger partial charge >= 0.3 is 0 Å². The fourth-order valence-corrected chi connectivity index (χ4v) is 4.53. The molecule has 1 aromatic heterocycles. The van der Waals surface area contributed by atoms with Crippen LogP contribution in [0.2, 0.25) is 0 Å². The largest absolute Gasteiger partial charge is 0.288 e. The highest BCUT2D eigenvalue weighted by atomic mass is 79.9. The van der Waals surface area contributed by atoms with Gasteiger partial charge in [-0.1, -0.05) is 28.1 Å². The van der Waals surface area contributed by atoms with Crippen LogP contribution in [0.5, 0.6) is 0 Å². The monoisotopic (exact) mass is 440 g/mol. The molecule has 0 aliphatic carbocycles. The molecule has 0 spiro atoms. The van der Waals surface area contributed by atoms with Crippen molar-refractivity contribution in [3.63, 3.8) is 0 Å². The standard InChI is InChI=1S/C16H13BrN2O4S2/c17-12-3-5-13(6-4-12)25(22,23)18-9-10-1-2-11-8-15(16(20)19-21)24-14(11)7-10/h1-8,18,21H,9H2,(H,19,20). The molecule has 25 heavy (non-hydrogen) atoms. The molecule has 0 saturated heterocycles. The first-order valence-corrected chi connectivity index (χ1v) is 10.2. The Balaban J connectivity index is 1.78. The van der Waals surface area contributed by atoms with E-state index in [1.165, 1.54) is 23.5 Å². The number of carbonyl (C=O) groups excluding carboxylic acids is 1. The number of hydrogen-bond acceptors (Lipinski definition) is 5. The molecular weight excluding hydrogens is 428 g/mol. The molecule has 0 bridgehead atoms. The summed E-state index contributed by atoms with van der Waals surface area (Å²) in [5.41, 5.74) is 2.37. The molecule has 3 N–H and O–H groups in total. The molecule has 1 amide bonds. The van der Waals surface area contributed by atoms with E-state index >= 15 is 0 Å². The summed E-state index contributed by atoms with van der Waals surface area (Å²) in [4.78, 5) is 12.0. The predicted octanol–water partition coefficient (Wildman–Crippen LogP) is 3.26. The summed E-state index contributed by atoms with van der Waals surface area (Å²) in [6.07, 6.45) is 0. The van der Waals surface area contributed by atoms with Gasteiger partial charge in [0.2, 0.25) is 10.0 Å². The molecule has 6 nitrogen and oxygen atoms in total. The van der Waals surface area contributed by atoms with Crippen LogP contribution in [-0.2, 0) is 16.6 Å². The van der Waals surface area contributed by atoms with Gasteiger partial charge in [-0.2, -0.15) is 0 Å². The topological polar surface area (TPSA) is 95.5 Å². The van der Waals surface area contributed by atoms with Crippen molar-refractivity contribution in [2.75, 3.05) is 0 Å². The van der Waals surface area contributed by atoms with Gasteiger partial charge in [0.25, 0.3) is 5.91 Å². The number of benzene rings is 2. The Bertz CT molecular complexity index is 1030. The van der Waals surface area contributed by atoms with E-state index in [0.717, 1.165) is 20.1 Å². The molecule has 0 aliphatic heterocycles. The molecule has 3 aromatic rings. The molecule has 0 saturated carbocycles. The zero-order valence-corrected chi connectivity index (χ0v) is 15.9. The number of amides is 1. The minimum Gasteiger partial charge on any atom is -0.288 e. The van der Waals surface area contributed by atoms with Crippen molar-refractivity contribution in [1.29, 1.82) is 0 Å². The number of hydroxylamine groups is 1. The van der Waals surface area contributed by atoms with Gasteiger partial charge in [0.1, 0.15) is 0 Å². The normalized spacial score (nSPS) is 11.6. The van der Waals surface area contributed by atoms with Gasteiger partial charge in [0.15, 0.2) is 0 Å². The first-order chi connectivity index (χ1) is 11.9. The van der Waals surface area contributed by atoms with E-state index in [0.29, 0.717) is 4.88 Å². The Hall–Kier alpha value is -1.78. The number of hydrogen-bond donors (Lipinski definition) is 3. The number of nitrogens with one attached hydrogen (secondary N) is 2. The van der Waals surface area contributed by atoms with Crippen LogP contribution in [0.25, 0.3) is 10.1 Å². The summed E-state index contributed by atoms with van der Waals surface area (Å²) >= 11 is 4.49. The lowest BCUT2D eigenvalue weighted by Gasteiger charge is -2.07. The van der Waals surface area contributed by atoms with Crippen molar-refractivity contribution in [2.45, 2.75) is 11.4 Å². The number of fused-ring (bicyclic) bond motifs is 1. The lowest BCUT2D eigenvalue weighted by molar-refractivity contribution is 0.0711. The number of rotatable bonds is 5. The number of halogens is 1. The van der Waals surface area contributed by atoms with E-state index in [1.807, 2.05) is 12.1 Å². The quantitative estimate of drug-likeness (QED) is 0.419. The minimum atomic E-state index is -3.61. The third-order valence-electron chi connectivity index (χ3n) is 3.50. The van der Waals surface area contributed by atoms with Gasteiger partial charge in [-0.15, -0.1) is 11.3 Å². The van der Waals surface area contributed by atoms with Crippen LogP contribution in [0.3, 0.4) is 0 Å². The van der Waals surface area contributed by atoms with Crippen molar-refractivity contribution in [3.8, 4) is 0 Å². The van der Waals surface area contributed by atoms with Crippen molar-refractivity contribution in [3.05, 3.63) is 63.4 Å². The molecule has 0 radical (unpaired) electrons. The average molecular weight is 441 g/mol. The summed E-state index contributed by atoms with van der Waals surface area (Å²) in [5, 5.41) is 9.54. The Morgan fingerprint density at radius 3 is 2.52 bits per heavy atom. The second kappa shape index (κ2) is 7.22. The first-order valence-electron chi connectivity index (χ1n) is 7.11. The Morgan fingerprint density at radius 1 is 1.12 bits per heavy atom. The van der Waals surface area contributed by atoms with Crippen LogP contribution >= 0.6 is 27.3 Å². The van der Waals surface area contributed by atoms with Crippen LogP contribution in [0, 0.1) is 0 Å². The van der Waals surface area contributed by atoms with E-state index in [1.54, 1.807) is 29.7 Å². The van der Waals surface area contributed by atoms with Crippen LogP contribution in [0.15, 0.2) is 57.9 Å². The van der Waals surface area contributed by atoms with Gasteiger partial charge in [-0.05, 0) is 47.3 Å². The summed E-state index contributed by atoms with van der Waals surface area (Å²) in [6.45, 7) is 0.133. The molecule has 9 heteroatoms. The highest BCUT2D eigenvalue weighted by Gasteiger charge is 2.14. The Labute approximate surface area is 156 Å². The summed E-state index contributed by atoms with van der Waals surface area (Å²) in [7, 11) is -3.61. The first kappa shape index (κ1) is 18.0. The maximum Gasteiger partial charge on any atom is 0.284 e. The van der Waals surface area contributed by atoms with Gasteiger partial charge in [0, 0.05) is 15.7 Å². The molecule has 0 aliphatic rings. The molecule has 2 aromatic carbocycles. The van der Waals surface area contributed by atoms with Crippen molar-refractivity contribution in [1.82, 2.24) is 10.2 Å². The average Bonchev–Trinajstić information content (AvgIpc) is 3.03. The fourth-order valence-electron chi connectivity index (χ4n) is 2.23. The third kappa shape index (κ3) is 4.07. The number of sulfonamides is 1. The second-order valence-corrected chi connectivity index (χ2v) is 8.97. The van der Waals surface area contributed by atoms with E-state index in [4.69, 9.17) is 5.21 Å². The highest BCUT2D eigenvalue weighted by Crippen LogP contribution is 2.26. The Kier molecular flexibility index (Phi) is 5.21. The maximum atomic E-state index is 12.3. The fraction of sp³-hybridized carbons (Fsp3) is 0.0625. The minimum absolute atomic E-state index is 0.133. The van der Waals surface area contributed by atoms with Gasteiger partial charge < -0.3 is 0 Å². The van der Waals surface area contributed by atoms with Gasteiger partial charge in [-0.3, -0.25) is 10.0 Å². The molecule has 1 heterocycles. The lowest BCUT2D eigenvalue weighted by Crippen LogP contribution is -2.23. The smallest absolute Gasteiger partial charge is 0.284 e. The van der Waals surface area contributed by atoms with Crippen molar-refractivity contribution < 1.29 is 18.4 Å². The van der Waals surface area contributed by atoms with E-state index < -0.39 is 15.9 Å². The molecule has 130 valence electrons. The van der Waals surface area contributed by atoms with E-state index in [2.05, 4.69) is 20.7 Å². The molecule has 0 atom stereocenters. The SMILES string of the molecule is O=C(NO)c1cc2ccc(CNS(=O)(=O)c3ccc(Br)cc3)cc2s1. The summed E-state index contributed by atoms with van der Waals surface area (Å²) < 4.78 is 28.8. The van der Waals surface area contributed by atoms with E-state index in [-0.39, 0.29) is 11.4 Å². The van der Waals surface area contributed by atoms with Crippen molar-refractivity contribution in [2.24, 2.45) is 0 Å². The predicted molar refractivity (Wildman–Crippen MR) is 99.2 cm³/mol. The van der Waals surface area contributed by atoms with Crippen LogP contribution in [0.4, 0.5) is 0 Å². The van der Waals surface area contributed by atoms with Crippen LogP contribution in [-0.4, -0.2) is 19.5 Å². The van der Waals surface area contributed by atoms with Crippen LogP contribution in [0.1, 0.15) is 15.2 Å². The molecule has 0 unspecified atom stereocenters. The molecular formula is C16H13BrN2O4S2. The number of thiophene rings is 1. The number of carbonyl (C=O) groups is 1. The van der Waals surface area contributed by atoms with Crippen LogP contribution < -0.4 is 10.2 Å². The maximum absolute atomic E-state index is 12.3. The molecule has 3 rings (SSSR count). The van der Waals surface area contributed by atoms with Crippen molar-refractivity contribution >= 4 is 53.3 Å². The highest BCUT2D eigenvalue weighted by molar-refractivity contribution is 9.10. The van der Waals surface area contributed by atoms with Gasteiger partial charge in [0.05, 0.1) is 9.77 Å². The summed E-state index contributed by atoms with van der Waals surface area (Å²) in [6, 6.07) is 13.5. The molecule has 0 fully saturated rings. The zero-order chi connectivity index (χ0) is 18.0. The van der Waals surface area contributed by atoms with E-state index in [9.17, 15) is 13.2 Å². The lowest BCUT2D eigenvalue weighted by atomic mass is 10.2. The van der Waals surface area contributed by atoms with Gasteiger partial charge in [-0.25, -0.2) is 18.6 Å². The Morgan fingerprint density at radius 2 is 1.84 bits per heavy atom.